The maximum absolute atomic E-state index is 12.4. The lowest BCUT2D eigenvalue weighted by atomic mass is 9.98. The summed E-state index contributed by atoms with van der Waals surface area (Å²) >= 11 is 0. The summed E-state index contributed by atoms with van der Waals surface area (Å²) in [5.74, 6) is -1.68. The van der Waals surface area contributed by atoms with Crippen LogP contribution in [0.1, 0.15) is 57.1 Å². The Labute approximate surface area is 244 Å². The molecule has 2 aliphatic rings. The number of ether oxygens (including phenoxy) is 6. The zero-order valence-electron chi connectivity index (χ0n) is 24.0. The first kappa shape index (κ1) is 31.0. The maximum atomic E-state index is 12.4. The van der Waals surface area contributed by atoms with Gasteiger partial charge in [-0.3, -0.25) is 14.4 Å². The van der Waals surface area contributed by atoms with E-state index in [2.05, 4.69) is 29.6 Å². The molecule has 1 heterocycles. The van der Waals surface area contributed by atoms with Crippen molar-refractivity contribution < 1.29 is 47.6 Å². The molecule has 1 aliphatic heterocycles. The number of hydrogen-bond donors (Lipinski definition) is 1. The Morgan fingerprint density at radius 1 is 0.810 bits per heavy atom. The van der Waals surface area contributed by atoms with E-state index in [1.54, 1.807) is 0 Å². The van der Waals surface area contributed by atoms with Crippen molar-refractivity contribution in [1.29, 1.82) is 0 Å². The molecule has 2 aromatic rings. The van der Waals surface area contributed by atoms with Crippen molar-refractivity contribution in [3.63, 3.8) is 0 Å². The highest BCUT2D eigenvalue weighted by atomic mass is 16.7. The summed E-state index contributed by atoms with van der Waals surface area (Å²) in [4.78, 5) is 47.0. The van der Waals surface area contributed by atoms with Crippen molar-refractivity contribution in [2.45, 2.75) is 70.6 Å². The van der Waals surface area contributed by atoms with Crippen LogP contribution in [0, 0.1) is 0 Å². The van der Waals surface area contributed by atoms with Crippen molar-refractivity contribution in [2.24, 2.45) is 0 Å². The smallest absolute Gasteiger partial charge is 0.407 e. The van der Waals surface area contributed by atoms with E-state index in [4.69, 9.17) is 28.4 Å². The number of rotatable bonds is 12. The van der Waals surface area contributed by atoms with Gasteiger partial charge in [0, 0.05) is 46.3 Å². The molecule has 0 radical (unpaired) electrons. The predicted octanol–water partition coefficient (Wildman–Crippen LogP) is 3.86. The van der Waals surface area contributed by atoms with E-state index in [1.807, 2.05) is 24.3 Å². The van der Waals surface area contributed by atoms with Crippen molar-refractivity contribution >= 4 is 24.0 Å². The van der Waals surface area contributed by atoms with Crippen LogP contribution in [0.3, 0.4) is 0 Å². The van der Waals surface area contributed by atoms with Crippen LogP contribution in [0.4, 0.5) is 4.79 Å². The highest BCUT2D eigenvalue weighted by Crippen LogP contribution is 2.44. The van der Waals surface area contributed by atoms with Crippen LogP contribution in [0.5, 0.6) is 0 Å². The number of fused-ring (bicyclic) bond motifs is 3. The molecule has 11 heteroatoms. The number of hydrogen-bond acceptors (Lipinski definition) is 10. The third-order valence-corrected chi connectivity index (χ3v) is 7.04. The first-order valence-electron chi connectivity index (χ1n) is 14.1. The van der Waals surface area contributed by atoms with Crippen LogP contribution >= 0.6 is 0 Å². The molecule has 4 atom stereocenters. The number of esters is 3. The fraction of sp³-hybridized carbons (Fsp3) is 0.484. The molecule has 11 nitrogen and oxygen atoms in total. The normalized spacial score (nSPS) is 21.0. The zero-order chi connectivity index (χ0) is 30.1. The van der Waals surface area contributed by atoms with E-state index in [1.165, 1.54) is 31.9 Å². The summed E-state index contributed by atoms with van der Waals surface area (Å²) in [6.07, 6.45) is -2.57. The van der Waals surface area contributed by atoms with Gasteiger partial charge in [0.15, 0.2) is 12.4 Å². The Hall–Kier alpha value is -3.96. The molecule has 1 amide bonds. The van der Waals surface area contributed by atoms with Crippen molar-refractivity contribution in [2.75, 3.05) is 26.4 Å². The summed E-state index contributed by atoms with van der Waals surface area (Å²) in [5.41, 5.74) is 4.64. The van der Waals surface area contributed by atoms with Crippen molar-refractivity contribution in [1.82, 2.24) is 5.32 Å². The van der Waals surface area contributed by atoms with E-state index < -0.39 is 48.6 Å². The number of amides is 1. The van der Waals surface area contributed by atoms with E-state index in [-0.39, 0.29) is 25.6 Å². The van der Waals surface area contributed by atoms with Gasteiger partial charge in [-0.05, 0) is 35.1 Å². The van der Waals surface area contributed by atoms with Gasteiger partial charge in [-0.2, -0.15) is 0 Å². The highest BCUT2D eigenvalue weighted by Gasteiger charge is 2.44. The monoisotopic (exact) mass is 583 g/mol. The SMILES string of the molecule is CC(=O)OC[C@H]1O[C@H](OCCCCNC(=O)OCC2c3ccccc3-c3ccccc32)C[C@H](OC(C)=O)[C@H]1OC(C)=O. The zero-order valence-corrected chi connectivity index (χ0v) is 24.0. The van der Waals surface area contributed by atoms with Gasteiger partial charge < -0.3 is 33.7 Å². The molecule has 0 spiro atoms. The quantitative estimate of drug-likeness (QED) is 0.223. The molecule has 2 aromatic carbocycles. The maximum Gasteiger partial charge on any atom is 0.407 e. The topological polar surface area (TPSA) is 136 Å². The van der Waals surface area contributed by atoms with Crippen molar-refractivity contribution in [3.05, 3.63) is 59.7 Å². The van der Waals surface area contributed by atoms with Crippen LogP contribution in [0.25, 0.3) is 11.1 Å². The van der Waals surface area contributed by atoms with Gasteiger partial charge in [-0.15, -0.1) is 0 Å². The third kappa shape index (κ3) is 8.29. The Balaban J connectivity index is 1.19. The molecule has 0 bridgehead atoms. The Morgan fingerprint density at radius 2 is 1.45 bits per heavy atom. The molecular formula is C31H37NO10. The molecule has 1 N–H and O–H groups in total. The summed E-state index contributed by atoms with van der Waals surface area (Å²) in [6, 6.07) is 16.3. The van der Waals surface area contributed by atoms with Gasteiger partial charge in [-0.25, -0.2) is 4.79 Å². The summed E-state index contributed by atoms with van der Waals surface area (Å²) in [7, 11) is 0. The summed E-state index contributed by atoms with van der Waals surface area (Å²) in [5, 5.41) is 2.78. The average Bonchev–Trinajstić information content (AvgIpc) is 3.27. The van der Waals surface area contributed by atoms with Crippen molar-refractivity contribution in [3.8, 4) is 11.1 Å². The number of nitrogens with one attached hydrogen (secondary N) is 1. The number of alkyl carbamates (subject to hydrolysis) is 1. The molecule has 42 heavy (non-hydrogen) atoms. The molecule has 1 fully saturated rings. The molecule has 4 rings (SSSR count). The lowest BCUT2D eigenvalue weighted by molar-refractivity contribution is -0.266. The van der Waals surface area contributed by atoms with Gasteiger partial charge in [0.1, 0.15) is 25.4 Å². The fourth-order valence-electron chi connectivity index (χ4n) is 5.29. The first-order chi connectivity index (χ1) is 20.2. The number of carbonyl (C=O) groups is 4. The van der Waals surface area contributed by atoms with Crippen LogP contribution in [0.2, 0.25) is 0 Å². The Kier molecular flexibility index (Phi) is 10.9. The largest absolute Gasteiger partial charge is 0.463 e. The molecule has 1 aliphatic carbocycles. The van der Waals surface area contributed by atoms with E-state index >= 15 is 0 Å². The minimum absolute atomic E-state index is 0.00651. The Bertz CT molecular complexity index is 1220. The standard InChI is InChI=1S/C31H37NO10/c1-19(33)38-18-28-30(41-21(3)35)27(40-20(2)34)16-29(42-28)37-15-9-8-14-32-31(36)39-17-26-24-12-6-4-10-22(24)23-11-5-7-13-25(23)26/h4-7,10-13,26-30H,8-9,14-18H2,1-3H3,(H,32,36)/t27-,28+,29-,30+/m0/s1. The third-order valence-electron chi connectivity index (χ3n) is 7.04. The van der Waals surface area contributed by atoms with E-state index in [0.29, 0.717) is 26.0 Å². The number of carbonyl (C=O) groups excluding carboxylic acids is 4. The lowest BCUT2D eigenvalue weighted by Crippen LogP contribution is -2.54. The molecule has 0 saturated carbocycles. The minimum Gasteiger partial charge on any atom is -0.463 e. The average molecular weight is 584 g/mol. The summed E-state index contributed by atoms with van der Waals surface area (Å²) < 4.78 is 33.0. The van der Waals surface area contributed by atoms with Crippen LogP contribution in [0.15, 0.2) is 48.5 Å². The van der Waals surface area contributed by atoms with Gasteiger partial charge in [0.25, 0.3) is 0 Å². The minimum atomic E-state index is -0.952. The highest BCUT2D eigenvalue weighted by molar-refractivity contribution is 5.79. The molecule has 0 unspecified atom stereocenters. The van der Waals surface area contributed by atoms with Crippen LogP contribution < -0.4 is 5.32 Å². The summed E-state index contributed by atoms with van der Waals surface area (Å²) in [6.45, 7) is 4.46. The molecular weight excluding hydrogens is 546 g/mol. The van der Waals surface area contributed by atoms with Gasteiger partial charge in [0.05, 0.1) is 0 Å². The predicted molar refractivity (Wildman–Crippen MR) is 149 cm³/mol. The second kappa shape index (κ2) is 14.8. The van der Waals surface area contributed by atoms with E-state index in [9.17, 15) is 19.2 Å². The van der Waals surface area contributed by atoms with Crippen LogP contribution in [-0.4, -0.2) is 75.0 Å². The molecule has 226 valence electrons. The number of unbranched alkanes of at least 4 members (excludes halogenated alkanes) is 1. The van der Waals surface area contributed by atoms with Gasteiger partial charge >= 0.3 is 24.0 Å². The lowest BCUT2D eigenvalue weighted by Gasteiger charge is -2.39. The van der Waals surface area contributed by atoms with Gasteiger partial charge in [-0.1, -0.05) is 48.5 Å². The first-order valence-corrected chi connectivity index (χ1v) is 14.1. The Morgan fingerprint density at radius 3 is 2.07 bits per heavy atom. The second-order valence-electron chi connectivity index (χ2n) is 10.2. The van der Waals surface area contributed by atoms with Gasteiger partial charge in [0.2, 0.25) is 0 Å². The second-order valence-corrected chi connectivity index (χ2v) is 10.2. The molecule has 0 aromatic heterocycles. The van der Waals surface area contributed by atoms with E-state index in [0.717, 1.165) is 11.1 Å². The molecule has 1 saturated heterocycles. The number of benzene rings is 2. The fourth-order valence-corrected chi connectivity index (χ4v) is 5.29. The van der Waals surface area contributed by atoms with Crippen LogP contribution in [-0.2, 0) is 42.8 Å².